The number of hydrogen-bond acceptors (Lipinski definition) is 6. The Labute approximate surface area is 179 Å². The Morgan fingerprint density at radius 1 is 1.13 bits per heavy atom. The van der Waals surface area contributed by atoms with Crippen molar-refractivity contribution in [3.63, 3.8) is 0 Å². The number of thioether (sulfide) groups is 1. The number of amides is 1. The maximum Gasteiger partial charge on any atom is 0.285 e. The van der Waals surface area contributed by atoms with Gasteiger partial charge in [0.2, 0.25) is 0 Å². The third-order valence-electron chi connectivity index (χ3n) is 4.92. The second-order valence-electron chi connectivity index (χ2n) is 7.17. The summed E-state index contributed by atoms with van der Waals surface area (Å²) in [4.78, 5) is 30.2. The van der Waals surface area contributed by atoms with Crippen molar-refractivity contribution >= 4 is 44.1 Å². The van der Waals surface area contributed by atoms with Gasteiger partial charge in [0.15, 0.2) is 27.4 Å². The van der Waals surface area contributed by atoms with E-state index in [-0.39, 0.29) is 35.2 Å². The van der Waals surface area contributed by atoms with Crippen molar-refractivity contribution < 1.29 is 22.7 Å². The molecule has 2 aromatic carbocycles. The van der Waals surface area contributed by atoms with Crippen molar-refractivity contribution in [2.24, 2.45) is 4.99 Å². The van der Waals surface area contributed by atoms with Gasteiger partial charge < -0.3 is 9.64 Å². The fourth-order valence-electron chi connectivity index (χ4n) is 3.54. The van der Waals surface area contributed by atoms with Gasteiger partial charge in [-0.25, -0.2) is 8.42 Å². The summed E-state index contributed by atoms with van der Waals surface area (Å²) in [5.74, 6) is 0.0443. The lowest BCUT2D eigenvalue weighted by Crippen LogP contribution is -2.38. The highest BCUT2D eigenvalue weighted by atomic mass is 32.2. The minimum atomic E-state index is -3.17. The number of benzene rings is 2. The molecule has 2 fully saturated rings. The van der Waals surface area contributed by atoms with Crippen LogP contribution in [0.2, 0.25) is 0 Å². The van der Waals surface area contributed by atoms with E-state index in [1.807, 2.05) is 18.2 Å². The average Bonchev–Trinajstić information content (AvgIpc) is 3.17. The van der Waals surface area contributed by atoms with Crippen LogP contribution in [0.25, 0.3) is 0 Å². The number of Topliss-reactive ketones (excluding diaryl/α,β-unsaturated/α-hetero) is 1. The van der Waals surface area contributed by atoms with Gasteiger partial charge in [-0.3, -0.25) is 9.59 Å². The lowest BCUT2D eigenvalue weighted by atomic mass is 10.1. The van der Waals surface area contributed by atoms with Crippen LogP contribution in [0.15, 0.2) is 59.6 Å². The van der Waals surface area contributed by atoms with Crippen LogP contribution in [0.1, 0.15) is 17.3 Å². The number of fused-ring (bicyclic) bond motifs is 1. The zero-order valence-electron chi connectivity index (χ0n) is 16.2. The predicted molar refractivity (Wildman–Crippen MR) is 117 cm³/mol. The van der Waals surface area contributed by atoms with Crippen LogP contribution in [-0.4, -0.2) is 54.7 Å². The number of amidine groups is 1. The second kappa shape index (κ2) is 8.23. The molecule has 9 heteroatoms. The lowest BCUT2D eigenvalue weighted by Gasteiger charge is -2.24. The second-order valence-corrected chi connectivity index (χ2v) is 10.5. The molecule has 2 aromatic rings. The van der Waals surface area contributed by atoms with Crippen molar-refractivity contribution in [1.82, 2.24) is 0 Å². The highest BCUT2D eigenvalue weighted by Crippen LogP contribution is 2.41. The van der Waals surface area contributed by atoms with Crippen LogP contribution < -0.4 is 9.64 Å². The van der Waals surface area contributed by atoms with Gasteiger partial charge in [0, 0.05) is 16.5 Å². The van der Waals surface area contributed by atoms with E-state index in [9.17, 15) is 18.0 Å². The number of anilines is 1. The van der Waals surface area contributed by atoms with Crippen LogP contribution in [-0.2, 0) is 14.6 Å². The molecule has 4 rings (SSSR count). The number of para-hydroxylation sites is 1. The Hall–Kier alpha value is -2.65. The number of aliphatic imine (C=N–C) groups is 1. The van der Waals surface area contributed by atoms with E-state index in [4.69, 9.17) is 4.74 Å². The number of nitrogens with zero attached hydrogens (tertiary/aromatic N) is 2. The highest BCUT2D eigenvalue weighted by Gasteiger charge is 2.49. The van der Waals surface area contributed by atoms with Gasteiger partial charge in [-0.15, -0.1) is 0 Å². The summed E-state index contributed by atoms with van der Waals surface area (Å²) in [6.45, 7) is 1.25. The summed E-state index contributed by atoms with van der Waals surface area (Å²) < 4.78 is 29.8. The monoisotopic (exact) mass is 444 g/mol. The first kappa shape index (κ1) is 20.6. The maximum atomic E-state index is 12.4. The summed E-state index contributed by atoms with van der Waals surface area (Å²) in [6, 6.07) is 15.6. The molecule has 0 bridgehead atoms. The molecular weight excluding hydrogens is 424 g/mol. The summed E-state index contributed by atoms with van der Waals surface area (Å²) in [6.07, 6.45) is 0. The molecule has 2 heterocycles. The fourth-order valence-corrected chi connectivity index (χ4v) is 7.47. The first-order valence-corrected chi connectivity index (χ1v) is 12.1. The van der Waals surface area contributed by atoms with Gasteiger partial charge in [-0.1, -0.05) is 42.1 Å². The molecule has 0 radical (unpaired) electrons. The molecule has 2 atom stereocenters. The zero-order valence-corrected chi connectivity index (χ0v) is 17.9. The first-order chi connectivity index (χ1) is 14.3. The quantitative estimate of drug-likeness (QED) is 0.655. The molecule has 0 spiro atoms. The maximum absolute atomic E-state index is 12.4. The minimum Gasteiger partial charge on any atom is -0.484 e. The minimum absolute atomic E-state index is 0.0112. The van der Waals surface area contributed by atoms with E-state index in [0.717, 1.165) is 0 Å². The molecule has 0 N–H and O–H groups in total. The van der Waals surface area contributed by atoms with Crippen molar-refractivity contribution in [2.75, 3.05) is 23.0 Å². The third-order valence-corrected chi connectivity index (χ3v) is 8.13. The molecule has 156 valence electrons. The van der Waals surface area contributed by atoms with Crippen molar-refractivity contribution in [2.45, 2.75) is 18.2 Å². The molecule has 2 aliphatic heterocycles. The van der Waals surface area contributed by atoms with Crippen LogP contribution in [0.5, 0.6) is 5.75 Å². The number of carbonyl (C=O) groups excluding carboxylic acids is 2. The molecule has 2 aliphatic rings. The lowest BCUT2D eigenvalue weighted by molar-refractivity contribution is -0.119. The molecule has 7 nitrogen and oxygen atoms in total. The molecule has 0 unspecified atom stereocenters. The van der Waals surface area contributed by atoms with Crippen LogP contribution in [0, 0.1) is 0 Å². The normalized spacial score (nSPS) is 23.4. The van der Waals surface area contributed by atoms with Gasteiger partial charge in [-0.2, -0.15) is 4.99 Å². The van der Waals surface area contributed by atoms with Crippen LogP contribution in [0.3, 0.4) is 0 Å². The van der Waals surface area contributed by atoms with E-state index in [2.05, 4.69) is 4.99 Å². The number of carbonyl (C=O) groups is 2. The average molecular weight is 445 g/mol. The molecule has 0 aromatic heterocycles. The summed E-state index contributed by atoms with van der Waals surface area (Å²) in [7, 11) is -3.17. The molecule has 2 saturated heterocycles. The van der Waals surface area contributed by atoms with E-state index in [1.165, 1.54) is 18.7 Å². The zero-order chi connectivity index (χ0) is 21.3. The number of sulfone groups is 1. The Morgan fingerprint density at radius 3 is 2.63 bits per heavy atom. The van der Waals surface area contributed by atoms with Gasteiger partial charge in [0.25, 0.3) is 5.91 Å². The Balaban J connectivity index is 1.61. The first-order valence-electron chi connectivity index (χ1n) is 9.39. The van der Waals surface area contributed by atoms with E-state index < -0.39 is 15.7 Å². The summed E-state index contributed by atoms with van der Waals surface area (Å²) in [5.41, 5.74) is 1.16. The standard InChI is InChI=1S/C21H20N2O5S2/c1-14(24)15-6-5-7-16(10-15)23-18-12-30(26,27)13-19(18)29-21(23)22-20(25)11-28-17-8-3-2-4-9-17/h2-10,18-19H,11-13H2,1H3/t18-,19+/m1/s1. The van der Waals surface area contributed by atoms with Crippen LogP contribution in [0.4, 0.5) is 5.69 Å². The number of ketones is 1. The smallest absolute Gasteiger partial charge is 0.285 e. The van der Waals surface area contributed by atoms with E-state index in [0.29, 0.717) is 22.2 Å². The van der Waals surface area contributed by atoms with Gasteiger partial charge in [0.1, 0.15) is 5.75 Å². The van der Waals surface area contributed by atoms with Crippen LogP contribution >= 0.6 is 11.8 Å². The highest BCUT2D eigenvalue weighted by molar-refractivity contribution is 8.16. The van der Waals surface area contributed by atoms with Crippen molar-refractivity contribution in [3.05, 3.63) is 60.2 Å². The van der Waals surface area contributed by atoms with Crippen molar-refractivity contribution in [1.29, 1.82) is 0 Å². The van der Waals surface area contributed by atoms with Gasteiger partial charge >= 0.3 is 0 Å². The van der Waals surface area contributed by atoms with Gasteiger partial charge in [-0.05, 0) is 31.2 Å². The number of hydrogen-bond donors (Lipinski definition) is 0. The fraction of sp³-hybridized carbons (Fsp3) is 0.286. The Morgan fingerprint density at radius 2 is 1.90 bits per heavy atom. The third kappa shape index (κ3) is 4.41. The SMILES string of the molecule is CC(=O)c1cccc(N2C(=NC(=O)COc3ccccc3)S[C@H]3CS(=O)(=O)C[C@H]32)c1. The van der Waals surface area contributed by atoms with Gasteiger partial charge in [0.05, 0.1) is 17.5 Å². The number of rotatable bonds is 5. The molecule has 30 heavy (non-hydrogen) atoms. The Kier molecular flexibility index (Phi) is 5.66. The molecule has 0 saturated carbocycles. The summed E-state index contributed by atoms with van der Waals surface area (Å²) in [5, 5.41) is 0.222. The summed E-state index contributed by atoms with van der Waals surface area (Å²) >= 11 is 1.29. The molecule has 0 aliphatic carbocycles. The molecule has 1 amide bonds. The Bertz CT molecular complexity index is 1120. The van der Waals surface area contributed by atoms with Crippen molar-refractivity contribution in [3.8, 4) is 5.75 Å². The molecular formula is C21H20N2O5S2. The topological polar surface area (TPSA) is 93.1 Å². The predicted octanol–water partition coefficient (Wildman–Crippen LogP) is 2.57. The van der Waals surface area contributed by atoms with E-state index >= 15 is 0 Å². The van der Waals surface area contributed by atoms with E-state index in [1.54, 1.807) is 41.3 Å². The largest absolute Gasteiger partial charge is 0.484 e. The number of ether oxygens (including phenoxy) is 1.